The predicted molar refractivity (Wildman–Crippen MR) is 206 cm³/mol. The van der Waals surface area contributed by atoms with Gasteiger partial charge in [-0.1, -0.05) is 126 Å². The lowest BCUT2D eigenvalue weighted by atomic mass is 9.99. The van der Waals surface area contributed by atoms with E-state index in [1.807, 2.05) is 6.08 Å². The third-order valence-corrected chi connectivity index (χ3v) is 8.87. The molecule has 1 fully saturated rings. The molecule has 1 rings (SSSR count). The van der Waals surface area contributed by atoms with Gasteiger partial charge in [-0.05, 0) is 51.4 Å². The number of ether oxygens (including phenoxy) is 4. The number of hydrogen-bond donors (Lipinski definition) is 4. The van der Waals surface area contributed by atoms with E-state index in [1.165, 1.54) is 38.5 Å². The van der Waals surface area contributed by atoms with E-state index < -0.39 is 59.8 Å². The number of esters is 1. The minimum absolute atomic E-state index is 0.0113. The molecule has 6 atom stereocenters. The van der Waals surface area contributed by atoms with Crippen LogP contribution in [0.15, 0.2) is 60.8 Å². The average molecular weight is 773 g/mol. The summed E-state index contributed by atoms with van der Waals surface area (Å²) in [4.78, 5) is 12.7. The first-order chi connectivity index (χ1) is 25.6. The second-order valence-electron chi connectivity index (χ2n) is 13.1. The largest absolute Gasteiger partial charge is 0.457 e. The molecule has 1 aliphatic rings. The van der Waals surface area contributed by atoms with Gasteiger partial charge < -0.3 is 34.3 Å². The van der Waals surface area contributed by atoms with Gasteiger partial charge >= 0.3 is 16.4 Å². The number of carbonyl (C=O) groups is 1. The number of allylic oxidation sites excluding steroid dienone is 10. The van der Waals surface area contributed by atoms with Crippen molar-refractivity contribution in [2.24, 2.45) is 0 Å². The average Bonchev–Trinajstić information content (AvgIpc) is 3.12. The van der Waals surface area contributed by atoms with Crippen LogP contribution in [0.3, 0.4) is 0 Å². The summed E-state index contributed by atoms with van der Waals surface area (Å²) in [5.41, 5.74) is 0. The van der Waals surface area contributed by atoms with Crippen LogP contribution in [-0.4, -0.2) is 97.5 Å². The van der Waals surface area contributed by atoms with Crippen molar-refractivity contribution in [3.63, 3.8) is 0 Å². The maximum Gasteiger partial charge on any atom is 0.397 e. The van der Waals surface area contributed by atoms with Crippen LogP contribution in [0.1, 0.15) is 123 Å². The van der Waals surface area contributed by atoms with Crippen molar-refractivity contribution in [3.8, 4) is 0 Å². The van der Waals surface area contributed by atoms with Crippen LogP contribution in [0.4, 0.5) is 0 Å². The van der Waals surface area contributed by atoms with Gasteiger partial charge in [-0.15, -0.1) is 0 Å². The summed E-state index contributed by atoms with van der Waals surface area (Å²) in [6.07, 6.45) is 28.5. The van der Waals surface area contributed by atoms with Gasteiger partial charge in [0.1, 0.15) is 30.5 Å². The van der Waals surface area contributed by atoms with Crippen molar-refractivity contribution >= 4 is 16.4 Å². The molecule has 0 spiro atoms. The molecule has 6 unspecified atom stereocenters. The van der Waals surface area contributed by atoms with Crippen LogP contribution in [0.2, 0.25) is 0 Å². The zero-order valence-electron chi connectivity index (χ0n) is 32.0. The third kappa shape index (κ3) is 26.3. The van der Waals surface area contributed by atoms with Gasteiger partial charge in [0, 0.05) is 13.0 Å². The Kier molecular flexibility index (Phi) is 29.6. The maximum absolute atomic E-state index is 12.7. The summed E-state index contributed by atoms with van der Waals surface area (Å²) in [5.74, 6) is -0.459. The minimum Gasteiger partial charge on any atom is -0.457 e. The summed E-state index contributed by atoms with van der Waals surface area (Å²) < 4.78 is 58.6. The van der Waals surface area contributed by atoms with E-state index in [2.05, 4.69) is 72.7 Å². The molecule has 0 aliphatic carbocycles. The van der Waals surface area contributed by atoms with Gasteiger partial charge in [0.15, 0.2) is 6.29 Å². The second kappa shape index (κ2) is 32.1. The zero-order valence-corrected chi connectivity index (χ0v) is 32.9. The summed E-state index contributed by atoms with van der Waals surface area (Å²) in [7, 11) is -5.06. The third-order valence-electron chi connectivity index (χ3n) is 8.40. The van der Waals surface area contributed by atoms with E-state index >= 15 is 0 Å². The zero-order chi connectivity index (χ0) is 39.0. The molecule has 53 heavy (non-hydrogen) atoms. The van der Waals surface area contributed by atoms with E-state index in [9.17, 15) is 28.5 Å². The fourth-order valence-electron chi connectivity index (χ4n) is 5.47. The molecular weight excluding hydrogens is 704 g/mol. The topological polar surface area (TPSA) is 178 Å². The van der Waals surface area contributed by atoms with Crippen molar-refractivity contribution in [2.45, 2.75) is 160 Å². The van der Waals surface area contributed by atoms with Gasteiger partial charge in [-0.2, -0.15) is 8.42 Å². The number of rotatable bonds is 32. The SMILES string of the molecule is CC/C=C\C/C=C\C/C=C\C/C=C\C/C=C\CCCC(=O)OC(COCCCCCCCCCCC)COC1OC(CO)C(O)C(OS(=O)(=O)O)C1O. The van der Waals surface area contributed by atoms with Crippen molar-refractivity contribution in [3.05, 3.63) is 60.8 Å². The van der Waals surface area contributed by atoms with E-state index in [0.29, 0.717) is 19.4 Å². The Bertz CT molecular complexity index is 1170. The molecule has 0 aromatic carbocycles. The molecule has 1 saturated heterocycles. The number of unbranched alkanes of at least 4 members (excludes halogenated alkanes) is 9. The lowest BCUT2D eigenvalue weighted by molar-refractivity contribution is -0.301. The molecule has 12 nitrogen and oxygen atoms in total. The van der Waals surface area contributed by atoms with Crippen molar-refractivity contribution in [2.75, 3.05) is 26.4 Å². The fraction of sp³-hybridized carbons (Fsp3) is 0.725. The standard InChI is InChI=1S/C40H68O12S/c1-3-5-7-9-11-13-14-15-16-17-18-19-20-21-23-25-27-29-36(42)50-34(32-48-30-28-26-24-22-12-10-8-6-4-2)33-49-40-38(44)39(52-53(45,46)47)37(43)35(31-41)51-40/h5,7,11,13,15-16,18-19,21,23,34-35,37-41,43-44H,3-4,6,8-10,12,14,17,20,22,24-33H2,1-2H3,(H,45,46,47)/b7-5-,13-11-,16-15-,19-18-,23-21-. The number of hydrogen-bond acceptors (Lipinski definition) is 11. The first kappa shape index (κ1) is 48.8. The molecule has 0 amide bonds. The van der Waals surface area contributed by atoms with Gasteiger partial charge in [-0.25, -0.2) is 4.18 Å². The first-order valence-corrected chi connectivity index (χ1v) is 20.9. The summed E-state index contributed by atoms with van der Waals surface area (Å²) >= 11 is 0. The van der Waals surface area contributed by atoms with Crippen LogP contribution < -0.4 is 0 Å². The van der Waals surface area contributed by atoms with Crippen LogP contribution in [0.5, 0.6) is 0 Å². The van der Waals surface area contributed by atoms with Crippen molar-refractivity contribution < 1.29 is 56.2 Å². The molecule has 0 aromatic heterocycles. The minimum atomic E-state index is -5.06. The first-order valence-electron chi connectivity index (χ1n) is 19.5. The van der Waals surface area contributed by atoms with Crippen molar-refractivity contribution in [1.82, 2.24) is 0 Å². The van der Waals surface area contributed by atoms with Gasteiger partial charge in [-0.3, -0.25) is 9.35 Å². The monoisotopic (exact) mass is 772 g/mol. The summed E-state index contributed by atoms with van der Waals surface area (Å²) in [6, 6.07) is 0. The number of aliphatic hydroxyl groups excluding tert-OH is 3. The quantitative estimate of drug-likeness (QED) is 0.0238. The molecule has 306 valence electrons. The van der Waals surface area contributed by atoms with E-state index in [-0.39, 0.29) is 19.6 Å². The molecular formula is C40H68O12S. The van der Waals surface area contributed by atoms with Crippen LogP contribution in [-0.2, 0) is 38.3 Å². The molecule has 0 bridgehead atoms. The van der Waals surface area contributed by atoms with Crippen LogP contribution >= 0.6 is 0 Å². The Morgan fingerprint density at radius 2 is 1.28 bits per heavy atom. The number of aliphatic hydroxyl groups is 3. The summed E-state index contributed by atoms with van der Waals surface area (Å²) in [6.45, 7) is 3.75. The highest BCUT2D eigenvalue weighted by Gasteiger charge is 2.48. The molecule has 1 heterocycles. The molecule has 1 aliphatic heterocycles. The van der Waals surface area contributed by atoms with E-state index in [4.69, 9.17) is 23.5 Å². The van der Waals surface area contributed by atoms with Crippen LogP contribution in [0, 0.1) is 0 Å². The van der Waals surface area contributed by atoms with E-state index in [1.54, 1.807) is 0 Å². The number of carbonyl (C=O) groups excluding carboxylic acids is 1. The lowest BCUT2D eigenvalue weighted by Crippen LogP contribution is -2.60. The Morgan fingerprint density at radius 1 is 0.736 bits per heavy atom. The Morgan fingerprint density at radius 3 is 1.83 bits per heavy atom. The lowest BCUT2D eigenvalue weighted by Gasteiger charge is -2.41. The van der Waals surface area contributed by atoms with Gasteiger partial charge in [0.2, 0.25) is 0 Å². The molecule has 0 radical (unpaired) electrons. The van der Waals surface area contributed by atoms with Crippen molar-refractivity contribution in [1.29, 1.82) is 0 Å². The Balaban J connectivity index is 2.54. The predicted octanol–water partition coefficient (Wildman–Crippen LogP) is 7.01. The highest BCUT2D eigenvalue weighted by atomic mass is 32.3. The fourth-order valence-corrected chi connectivity index (χ4v) is 5.98. The molecule has 13 heteroatoms. The molecule has 4 N–H and O–H groups in total. The van der Waals surface area contributed by atoms with Crippen LogP contribution in [0.25, 0.3) is 0 Å². The van der Waals surface area contributed by atoms with Gasteiger partial charge in [0.25, 0.3) is 0 Å². The Labute approximate surface area is 318 Å². The van der Waals surface area contributed by atoms with E-state index in [0.717, 1.165) is 51.4 Å². The maximum atomic E-state index is 12.7. The molecule has 0 aromatic rings. The second-order valence-corrected chi connectivity index (χ2v) is 14.2. The normalized spacial score (nSPS) is 22.0. The van der Waals surface area contributed by atoms with Gasteiger partial charge in [0.05, 0.1) is 19.8 Å². The Hall–Kier alpha value is -2.20. The highest BCUT2D eigenvalue weighted by molar-refractivity contribution is 7.80. The smallest absolute Gasteiger partial charge is 0.397 e. The molecule has 0 saturated carbocycles. The summed E-state index contributed by atoms with van der Waals surface area (Å²) in [5, 5.41) is 30.5. The highest BCUT2D eigenvalue weighted by Crippen LogP contribution is 2.26.